The maximum atomic E-state index is 13.2. The lowest BCUT2D eigenvalue weighted by Crippen LogP contribution is -2.37. The van der Waals surface area contributed by atoms with Crippen LogP contribution in [0.4, 0.5) is 0 Å². The molecule has 4 rings (SSSR count). The molecule has 30 heavy (non-hydrogen) atoms. The van der Waals surface area contributed by atoms with E-state index in [1.807, 2.05) is 42.5 Å². The number of carbonyl (C=O) groups excluding carboxylic acids is 1. The Morgan fingerprint density at radius 1 is 1.03 bits per heavy atom. The molecule has 6 nitrogen and oxygen atoms in total. The number of hydrogen-bond acceptors (Lipinski definition) is 5. The highest BCUT2D eigenvalue weighted by Gasteiger charge is 2.43. The number of benzene rings is 2. The predicted molar refractivity (Wildman–Crippen MR) is 111 cm³/mol. The monoisotopic (exact) mass is 410 g/mol. The summed E-state index contributed by atoms with van der Waals surface area (Å²) in [6.07, 6.45) is 2.55. The van der Waals surface area contributed by atoms with Gasteiger partial charge in [0.05, 0.1) is 13.0 Å². The lowest BCUT2D eigenvalue weighted by Gasteiger charge is -2.41. The Labute approximate surface area is 175 Å². The van der Waals surface area contributed by atoms with Crippen LogP contribution in [0.25, 0.3) is 0 Å². The van der Waals surface area contributed by atoms with Crippen molar-refractivity contribution in [3.05, 3.63) is 53.6 Å². The molecule has 1 aliphatic carbocycles. The lowest BCUT2D eigenvalue weighted by molar-refractivity contribution is -0.143. The van der Waals surface area contributed by atoms with Gasteiger partial charge >= 0.3 is 5.97 Å². The first kappa shape index (κ1) is 20.3. The third-order valence-electron chi connectivity index (χ3n) is 6.33. The van der Waals surface area contributed by atoms with E-state index in [1.54, 1.807) is 7.11 Å². The van der Waals surface area contributed by atoms with Gasteiger partial charge in [0.2, 0.25) is 5.75 Å². The molecule has 0 spiro atoms. The molecule has 6 heteroatoms. The molecule has 0 amide bonds. The van der Waals surface area contributed by atoms with Gasteiger partial charge in [-0.15, -0.1) is 0 Å². The van der Waals surface area contributed by atoms with Crippen LogP contribution in [-0.4, -0.2) is 37.2 Å². The predicted octanol–water partition coefficient (Wildman–Crippen LogP) is 4.25. The summed E-state index contributed by atoms with van der Waals surface area (Å²) in [7, 11) is 1.58. The first-order chi connectivity index (χ1) is 14.5. The molecule has 1 aliphatic heterocycles. The van der Waals surface area contributed by atoms with Gasteiger partial charge in [-0.25, -0.2) is 0 Å². The first-order valence-electron chi connectivity index (χ1n) is 10.3. The summed E-state index contributed by atoms with van der Waals surface area (Å²) in [6, 6.07) is 13.0. The van der Waals surface area contributed by atoms with Crippen LogP contribution in [0.5, 0.6) is 17.2 Å². The summed E-state index contributed by atoms with van der Waals surface area (Å²) in [5.41, 5.74) is 1.07. The number of carboxylic acids is 1. The molecule has 2 aromatic rings. The van der Waals surface area contributed by atoms with Crippen molar-refractivity contribution in [3.63, 3.8) is 0 Å². The van der Waals surface area contributed by atoms with E-state index in [1.165, 1.54) is 0 Å². The van der Waals surface area contributed by atoms with E-state index in [0.717, 1.165) is 5.56 Å². The largest absolute Gasteiger partial charge is 0.493 e. The number of Topliss-reactive ketones (excluding diaryl/α,β-unsaturated/α-hetero) is 1. The van der Waals surface area contributed by atoms with E-state index in [4.69, 9.17) is 14.2 Å². The summed E-state index contributed by atoms with van der Waals surface area (Å²) in [5, 5.41) is 9.47. The summed E-state index contributed by atoms with van der Waals surface area (Å²) in [4.78, 5) is 24.7. The van der Waals surface area contributed by atoms with Crippen LogP contribution >= 0.6 is 0 Å². The van der Waals surface area contributed by atoms with Gasteiger partial charge in [0.1, 0.15) is 13.2 Å². The number of carboxylic acid groups (broad SMARTS) is 1. The Kier molecular flexibility index (Phi) is 5.66. The van der Waals surface area contributed by atoms with E-state index >= 15 is 0 Å². The van der Waals surface area contributed by atoms with Crippen molar-refractivity contribution in [1.29, 1.82) is 0 Å². The van der Waals surface area contributed by atoms with Crippen LogP contribution < -0.4 is 14.2 Å². The fourth-order valence-corrected chi connectivity index (χ4v) is 4.68. The molecule has 1 N–H and O–H groups in total. The fourth-order valence-electron chi connectivity index (χ4n) is 4.68. The second-order valence-corrected chi connectivity index (χ2v) is 8.03. The smallest absolute Gasteiger partial charge is 0.306 e. The molecule has 158 valence electrons. The molecule has 1 heterocycles. The number of ketones is 1. The maximum absolute atomic E-state index is 13.2. The summed E-state index contributed by atoms with van der Waals surface area (Å²) in [6.45, 7) is 0.859. The normalized spacial score (nSPS) is 22.9. The molecule has 0 saturated heterocycles. The van der Waals surface area contributed by atoms with Crippen LogP contribution in [0, 0.1) is 5.92 Å². The third kappa shape index (κ3) is 3.74. The van der Waals surface area contributed by atoms with E-state index in [9.17, 15) is 14.7 Å². The van der Waals surface area contributed by atoms with E-state index in [2.05, 4.69) is 0 Å². The van der Waals surface area contributed by atoms with Crippen LogP contribution in [-0.2, 0) is 10.2 Å². The number of rotatable bonds is 6. The van der Waals surface area contributed by atoms with Gasteiger partial charge in [-0.3, -0.25) is 9.59 Å². The van der Waals surface area contributed by atoms with E-state index < -0.39 is 11.4 Å². The van der Waals surface area contributed by atoms with Gasteiger partial charge in [-0.2, -0.15) is 0 Å². The maximum Gasteiger partial charge on any atom is 0.306 e. The van der Waals surface area contributed by atoms with Gasteiger partial charge in [-0.1, -0.05) is 36.4 Å². The minimum absolute atomic E-state index is 0.0469. The van der Waals surface area contributed by atoms with Crippen LogP contribution in [0.2, 0.25) is 0 Å². The molecule has 1 saturated carbocycles. The highest BCUT2D eigenvalue weighted by molar-refractivity contribution is 5.97. The van der Waals surface area contributed by atoms with E-state index in [-0.39, 0.29) is 11.7 Å². The van der Waals surface area contributed by atoms with Gasteiger partial charge in [0.15, 0.2) is 17.3 Å². The molecule has 0 aromatic heterocycles. The quantitative estimate of drug-likeness (QED) is 0.717. The Hall–Kier alpha value is -3.02. The Balaban J connectivity index is 1.75. The number of hydrogen-bond donors (Lipinski definition) is 1. The van der Waals surface area contributed by atoms with Crippen molar-refractivity contribution in [2.45, 2.75) is 37.5 Å². The summed E-state index contributed by atoms with van der Waals surface area (Å²) < 4.78 is 17.3. The highest BCUT2D eigenvalue weighted by Crippen LogP contribution is 2.53. The van der Waals surface area contributed by atoms with Gasteiger partial charge in [-0.05, 0) is 31.7 Å². The Morgan fingerprint density at radius 2 is 1.70 bits per heavy atom. The van der Waals surface area contributed by atoms with Crippen LogP contribution in [0.3, 0.4) is 0 Å². The van der Waals surface area contributed by atoms with Gasteiger partial charge in [0.25, 0.3) is 0 Å². The average Bonchev–Trinajstić information content (AvgIpc) is 2.79. The molecule has 0 radical (unpaired) electrons. The average molecular weight is 410 g/mol. The number of aliphatic carboxylic acids is 1. The third-order valence-corrected chi connectivity index (χ3v) is 6.33. The molecule has 2 aromatic carbocycles. The number of methoxy groups -OCH3 is 1. The van der Waals surface area contributed by atoms with Crippen molar-refractivity contribution >= 4 is 11.8 Å². The zero-order valence-corrected chi connectivity index (χ0v) is 17.1. The lowest BCUT2D eigenvalue weighted by atomic mass is 9.63. The number of fused-ring (bicyclic) bond motifs is 1. The van der Waals surface area contributed by atoms with Gasteiger partial charge in [0, 0.05) is 23.0 Å². The fraction of sp³-hybridized carbons (Fsp3) is 0.417. The van der Waals surface area contributed by atoms with Crippen molar-refractivity contribution in [3.8, 4) is 17.2 Å². The first-order valence-corrected chi connectivity index (χ1v) is 10.3. The summed E-state index contributed by atoms with van der Waals surface area (Å²) >= 11 is 0. The zero-order chi connectivity index (χ0) is 21.1. The molecule has 0 atom stereocenters. The summed E-state index contributed by atoms with van der Waals surface area (Å²) in [5.74, 6) is 0.678. The second kappa shape index (κ2) is 8.38. The molecular formula is C24H26O6. The Morgan fingerprint density at radius 3 is 2.33 bits per heavy atom. The van der Waals surface area contributed by atoms with Crippen molar-refractivity contribution in [2.75, 3.05) is 20.3 Å². The van der Waals surface area contributed by atoms with E-state index in [0.29, 0.717) is 68.1 Å². The number of carbonyl (C=O) groups is 2. The topological polar surface area (TPSA) is 82.1 Å². The van der Waals surface area contributed by atoms with Crippen molar-refractivity contribution in [2.24, 2.45) is 5.92 Å². The SMILES string of the molecule is COc1ccc(C2(CC(=O)c3ccccc3)CCC(C(=O)O)CC2)c2c1OCCO2. The minimum Gasteiger partial charge on any atom is -0.493 e. The number of ether oxygens (including phenoxy) is 3. The second-order valence-electron chi connectivity index (χ2n) is 8.03. The standard InChI is InChI=1S/C24H26O6/c1-28-20-8-7-18(21-22(20)30-14-13-29-21)24(11-9-17(10-12-24)23(26)27)15-19(25)16-5-3-2-4-6-16/h2-8,17H,9-15H2,1H3,(H,26,27). The zero-order valence-electron chi connectivity index (χ0n) is 17.1. The molecule has 0 bridgehead atoms. The molecular weight excluding hydrogens is 384 g/mol. The van der Waals surface area contributed by atoms with Gasteiger partial charge < -0.3 is 19.3 Å². The van der Waals surface area contributed by atoms with Crippen molar-refractivity contribution in [1.82, 2.24) is 0 Å². The Bertz CT molecular complexity index is 928. The highest BCUT2D eigenvalue weighted by atomic mass is 16.6. The molecule has 2 aliphatic rings. The minimum atomic E-state index is -0.769. The van der Waals surface area contributed by atoms with Crippen LogP contribution in [0.1, 0.15) is 48.0 Å². The van der Waals surface area contributed by atoms with Crippen molar-refractivity contribution < 1.29 is 28.9 Å². The molecule has 0 unspecified atom stereocenters. The van der Waals surface area contributed by atoms with Crippen LogP contribution in [0.15, 0.2) is 42.5 Å². The molecule has 1 fully saturated rings.